The molecule has 1 aromatic heterocycles. The Morgan fingerprint density at radius 3 is 3.14 bits per heavy atom. The zero-order chi connectivity index (χ0) is 10.1. The van der Waals surface area contributed by atoms with E-state index in [1.54, 1.807) is 6.07 Å². The van der Waals surface area contributed by atoms with E-state index in [1.165, 1.54) is 7.11 Å². The van der Waals surface area contributed by atoms with Gasteiger partial charge in [0.1, 0.15) is 5.69 Å². The zero-order valence-corrected chi connectivity index (χ0v) is 7.99. The van der Waals surface area contributed by atoms with E-state index in [9.17, 15) is 4.79 Å². The van der Waals surface area contributed by atoms with Crippen LogP contribution in [0, 0.1) is 0 Å². The van der Waals surface area contributed by atoms with Crippen molar-refractivity contribution in [3.8, 4) is 0 Å². The van der Waals surface area contributed by atoms with Gasteiger partial charge in [-0.2, -0.15) is 0 Å². The molecule has 1 heterocycles. The Hall–Kier alpha value is -1.42. The first-order valence-corrected chi connectivity index (χ1v) is 4.56. The van der Waals surface area contributed by atoms with Crippen molar-refractivity contribution in [1.29, 1.82) is 0 Å². The molecule has 74 valence electrons. The van der Waals surface area contributed by atoms with E-state index in [0.29, 0.717) is 5.69 Å². The lowest BCUT2D eigenvalue weighted by molar-refractivity contribution is 0.0593. The van der Waals surface area contributed by atoms with E-state index in [4.69, 9.17) is 5.73 Å². The molecule has 0 fully saturated rings. The van der Waals surface area contributed by atoms with Crippen molar-refractivity contribution in [1.82, 2.24) is 4.98 Å². The number of carbonyl (C=O) groups excluding carboxylic acids is 1. The number of methoxy groups -OCH3 is 1. The molecule has 4 heteroatoms. The van der Waals surface area contributed by atoms with Crippen molar-refractivity contribution in [3.63, 3.8) is 0 Å². The van der Waals surface area contributed by atoms with Gasteiger partial charge < -0.3 is 10.5 Å². The maximum Gasteiger partial charge on any atom is 0.356 e. The van der Waals surface area contributed by atoms with E-state index in [-0.39, 0.29) is 6.04 Å². The Bertz CT molecular complexity index is 376. The lowest BCUT2D eigenvalue weighted by Gasteiger charge is -2.05. The van der Waals surface area contributed by atoms with Crippen LogP contribution in [0.1, 0.15) is 34.2 Å². The Morgan fingerprint density at radius 1 is 1.64 bits per heavy atom. The van der Waals surface area contributed by atoms with Gasteiger partial charge in [-0.05, 0) is 24.5 Å². The quantitative estimate of drug-likeness (QED) is 0.669. The van der Waals surface area contributed by atoms with Gasteiger partial charge in [0.2, 0.25) is 0 Å². The van der Waals surface area contributed by atoms with Crippen molar-refractivity contribution >= 4 is 5.97 Å². The third kappa shape index (κ3) is 1.37. The van der Waals surface area contributed by atoms with Crippen molar-refractivity contribution in [2.75, 3.05) is 7.11 Å². The maximum atomic E-state index is 11.2. The number of nitrogens with zero attached hydrogens (tertiary/aromatic N) is 1. The predicted molar refractivity (Wildman–Crippen MR) is 50.8 cm³/mol. The summed E-state index contributed by atoms with van der Waals surface area (Å²) in [7, 11) is 1.34. The fourth-order valence-electron chi connectivity index (χ4n) is 1.70. The van der Waals surface area contributed by atoms with Crippen molar-refractivity contribution in [2.45, 2.75) is 18.9 Å². The molecule has 2 rings (SSSR count). The summed E-state index contributed by atoms with van der Waals surface area (Å²) in [5.41, 5.74) is 8.16. The number of pyridine rings is 1. The lowest BCUT2D eigenvalue weighted by Crippen LogP contribution is -2.11. The molecule has 1 unspecified atom stereocenters. The molecule has 2 N–H and O–H groups in total. The number of hydrogen-bond acceptors (Lipinski definition) is 4. The molecule has 1 aliphatic carbocycles. The molecule has 0 saturated carbocycles. The first-order valence-electron chi connectivity index (χ1n) is 4.56. The van der Waals surface area contributed by atoms with Gasteiger partial charge >= 0.3 is 5.97 Å². The third-order valence-electron chi connectivity index (χ3n) is 2.48. The molecule has 1 atom stereocenters. The van der Waals surface area contributed by atoms with Crippen LogP contribution in [0.4, 0.5) is 0 Å². The Balaban J connectivity index is 2.39. The summed E-state index contributed by atoms with van der Waals surface area (Å²) < 4.78 is 4.59. The minimum absolute atomic E-state index is 0.0328. The van der Waals surface area contributed by atoms with Gasteiger partial charge in [0.15, 0.2) is 0 Å². The van der Waals surface area contributed by atoms with Crippen LogP contribution < -0.4 is 5.73 Å². The molecule has 0 radical (unpaired) electrons. The highest BCUT2D eigenvalue weighted by Gasteiger charge is 2.22. The Labute approximate surface area is 82.1 Å². The molecule has 0 aliphatic heterocycles. The summed E-state index contributed by atoms with van der Waals surface area (Å²) in [5.74, 6) is -0.410. The van der Waals surface area contributed by atoms with Crippen LogP contribution in [-0.4, -0.2) is 18.1 Å². The van der Waals surface area contributed by atoms with Crippen LogP contribution >= 0.6 is 0 Å². The SMILES string of the molecule is COC(=O)c1ccc2c(n1)C(N)CC2. The van der Waals surface area contributed by atoms with Crippen LogP contribution in [0.3, 0.4) is 0 Å². The highest BCUT2D eigenvalue weighted by molar-refractivity contribution is 5.87. The number of rotatable bonds is 1. The standard InChI is InChI=1S/C10H12N2O2/c1-14-10(13)8-5-3-6-2-4-7(11)9(6)12-8/h3,5,7H,2,4,11H2,1H3. The molecule has 0 spiro atoms. The van der Waals surface area contributed by atoms with Crippen LogP contribution in [-0.2, 0) is 11.2 Å². The fourth-order valence-corrected chi connectivity index (χ4v) is 1.70. The van der Waals surface area contributed by atoms with E-state index >= 15 is 0 Å². The van der Waals surface area contributed by atoms with Gasteiger partial charge in [-0.25, -0.2) is 9.78 Å². The molecular weight excluding hydrogens is 180 g/mol. The van der Waals surface area contributed by atoms with Gasteiger partial charge in [-0.1, -0.05) is 6.07 Å². The number of nitrogens with two attached hydrogens (primary N) is 1. The smallest absolute Gasteiger partial charge is 0.356 e. The van der Waals surface area contributed by atoms with E-state index in [1.807, 2.05) is 6.07 Å². The lowest BCUT2D eigenvalue weighted by atomic mass is 10.2. The normalized spacial score (nSPS) is 19.1. The summed E-state index contributed by atoms with van der Waals surface area (Å²) >= 11 is 0. The summed E-state index contributed by atoms with van der Waals surface area (Å²) in [6.07, 6.45) is 1.86. The predicted octanol–water partition coefficient (Wildman–Crippen LogP) is 0.814. The number of carbonyl (C=O) groups is 1. The van der Waals surface area contributed by atoms with Gasteiger partial charge in [0.05, 0.1) is 12.8 Å². The summed E-state index contributed by atoms with van der Waals surface area (Å²) in [5, 5.41) is 0. The van der Waals surface area contributed by atoms with E-state index in [2.05, 4.69) is 9.72 Å². The topological polar surface area (TPSA) is 65.2 Å². The van der Waals surface area contributed by atoms with Gasteiger partial charge in [0, 0.05) is 6.04 Å². The fraction of sp³-hybridized carbons (Fsp3) is 0.400. The number of aryl methyl sites for hydroxylation is 1. The molecule has 0 saturated heterocycles. The number of hydrogen-bond donors (Lipinski definition) is 1. The molecule has 1 aliphatic rings. The van der Waals surface area contributed by atoms with Gasteiger partial charge in [0.25, 0.3) is 0 Å². The number of fused-ring (bicyclic) bond motifs is 1. The minimum Gasteiger partial charge on any atom is -0.464 e. The minimum atomic E-state index is -0.410. The first kappa shape index (κ1) is 9.15. The maximum absolute atomic E-state index is 11.2. The highest BCUT2D eigenvalue weighted by atomic mass is 16.5. The zero-order valence-electron chi connectivity index (χ0n) is 7.99. The Kier molecular flexibility index (Phi) is 2.21. The monoisotopic (exact) mass is 192 g/mol. The molecular formula is C10H12N2O2. The number of esters is 1. The second-order valence-electron chi connectivity index (χ2n) is 3.38. The van der Waals surface area contributed by atoms with E-state index in [0.717, 1.165) is 24.1 Å². The summed E-state index contributed by atoms with van der Waals surface area (Å²) in [6.45, 7) is 0. The summed E-state index contributed by atoms with van der Waals surface area (Å²) in [6, 6.07) is 3.55. The Morgan fingerprint density at radius 2 is 2.43 bits per heavy atom. The molecule has 0 amide bonds. The second-order valence-corrected chi connectivity index (χ2v) is 3.38. The third-order valence-corrected chi connectivity index (χ3v) is 2.48. The van der Waals surface area contributed by atoms with Crippen LogP contribution in [0.5, 0.6) is 0 Å². The largest absolute Gasteiger partial charge is 0.464 e. The molecule has 1 aromatic rings. The van der Waals surface area contributed by atoms with Crippen molar-refractivity contribution < 1.29 is 9.53 Å². The highest BCUT2D eigenvalue weighted by Crippen LogP contribution is 2.27. The average molecular weight is 192 g/mol. The second kappa shape index (κ2) is 3.38. The van der Waals surface area contributed by atoms with Gasteiger partial charge in [-0.3, -0.25) is 0 Å². The van der Waals surface area contributed by atoms with E-state index < -0.39 is 5.97 Å². The average Bonchev–Trinajstić information content (AvgIpc) is 2.59. The van der Waals surface area contributed by atoms with Gasteiger partial charge in [-0.15, -0.1) is 0 Å². The molecule has 4 nitrogen and oxygen atoms in total. The number of ether oxygens (including phenoxy) is 1. The summed E-state index contributed by atoms with van der Waals surface area (Å²) in [4.78, 5) is 15.4. The molecule has 0 aromatic carbocycles. The molecule has 14 heavy (non-hydrogen) atoms. The number of aromatic nitrogens is 1. The van der Waals surface area contributed by atoms with Crippen LogP contribution in [0.25, 0.3) is 0 Å². The molecule has 0 bridgehead atoms. The van der Waals surface area contributed by atoms with Crippen molar-refractivity contribution in [3.05, 3.63) is 29.1 Å². The van der Waals surface area contributed by atoms with Crippen LogP contribution in [0.2, 0.25) is 0 Å². The van der Waals surface area contributed by atoms with Crippen molar-refractivity contribution in [2.24, 2.45) is 5.73 Å². The van der Waals surface area contributed by atoms with Crippen LogP contribution in [0.15, 0.2) is 12.1 Å². The first-order chi connectivity index (χ1) is 6.72.